The molecule has 1 aliphatic rings. The van der Waals surface area contributed by atoms with E-state index < -0.39 is 5.60 Å². The number of allylic oxidation sites excluding steroid dienone is 1. The molecule has 0 radical (unpaired) electrons. The number of methoxy groups -OCH3 is 1. The molecule has 1 atom stereocenters. The Hall–Kier alpha value is -4.69. The van der Waals surface area contributed by atoms with Gasteiger partial charge in [0.15, 0.2) is 24.2 Å². The number of amides is 1. The molecule has 2 aromatic carbocycles. The number of aliphatic imine (C=N–C) groups is 1. The number of carbonyl (C=O) groups is 1. The molecule has 1 aromatic heterocycles. The number of benzene rings is 2. The number of nitrogens with one attached hydrogen (secondary N) is 1. The van der Waals surface area contributed by atoms with E-state index in [0.717, 1.165) is 62.9 Å². The highest BCUT2D eigenvalue weighted by Crippen LogP contribution is 2.36. The predicted octanol–water partition coefficient (Wildman–Crippen LogP) is 8.66. The Morgan fingerprint density at radius 1 is 1.10 bits per heavy atom. The lowest BCUT2D eigenvalue weighted by molar-refractivity contribution is -0.120. The highest BCUT2D eigenvalue weighted by molar-refractivity contribution is 6.13. The average Bonchev–Trinajstić information content (AvgIpc) is 3.63. The molecule has 1 unspecified atom stereocenters. The van der Waals surface area contributed by atoms with Crippen molar-refractivity contribution in [3.8, 4) is 23.2 Å². The monoisotopic (exact) mass is 683 g/mol. The van der Waals surface area contributed by atoms with Crippen LogP contribution in [0.3, 0.4) is 0 Å². The van der Waals surface area contributed by atoms with E-state index in [9.17, 15) is 10.1 Å². The minimum Gasteiger partial charge on any atom is -0.496 e. The number of carbonyl (C=O) groups excluding carboxylic acids is 1. The van der Waals surface area contributed by atoms with Gasteiger partial charge in [0.05, 0.1) is 24.0 Å². The molecule has 4 rings (SSSR count). The maximum Gasteiger partial charge on any atom is 0.227 e. The predicted molar refractivity (Wildman–Crippen MR) is 200 cm³/mol. The molecule has 1 amide bonds. The van der Waals surface area contributed by atoms with Gasteiger partial charge < -0.3 is 24.4 Å². The van der Waals surface area contributed by atoms with Crippen molar-refractivity contribution in [2.24, 2.45) is 10.9 Å². The minimum absolute atomic E-state index is 0.0169. The van der Waals surface area contributed by atoms with Gasteiger partial charge in [0.25, 0.3) is 0 Å². The third kappa shape index (κ3) is 9.10. The number of nitriles is 1. The highest BCUT2D eigenvalue weighted by atomic mass is 16.7. The van der Waals surface area contributed by atoms with Gasteiger partial charge in [0.2, 0.25) is 11.7 Å². The summed E-state index contributed by atoms with van der Waals surface area (Å²) in [6, 6.07) is 13.8. The van der Waals surface area contributed by atoms with Gasteiger partial charge in [0.1, 0.15) is 17.4 Å². The van der Waals surface area contributed by atoms with Crippen molar-refractivity contribution in [3.63, 3.8) is 0 Å². The molecule has 11 nitrogen and oxygen atoms in total. The van der Waals surface area contributed by atoms with E-state index in [1.807, 2.05) is 52.8 Å². The first-order valence-electron chi connectivity index (χ1n) is 17.8. The number of aromatic nitrogens is 3. The van der Waals surface area contributed by atoms with Crippen LogP contribution in [0.25, 0.3) is 17.1 Å². The zero-order valence-corrected chi connectivity index (χ0v) is 31.2. The molecule has 0 spiro atoms. The van der Waals surface area contributed by atoms with Crippen LogP contribution >= 0.6 is 0 Å². The van der Waals surface area contributed by atoms with Crippen LogP contribution in [0.5, 0.6) is 5.75 Å². The second-order valence-corrected chi connectivity index (χ2v) is 13.5. The molecule has 0 fully saturated rings. The van der Waals surface area contributed by atoms with Crippen LogP contribution in [0, 0.1) is 24.2 Å². The number of fused-ring (bicyclic) bond motifs is 1. The fourth-order valence-electron chi connectivity index (χ4n) is 5.72. The highest BCUT2D eigenvalue weighted by Gasteiger charge is 2.35. The Bertz CT molecular complexity index is 1750. The second kappa shape index (κ2) is 17.3. The number of ether oxygens (including phenoxy) is 3. The minimum atomic E-state index is -0.463. The zero-order chi connectivity index (χ0) is 36.4. The molecule has 268 valence electrons. The van der Waals surface area contributed by atoms with Crippen LogP contribution in [-0.2, 0) is 14.3 Å². The summed E-state index contributed by atoms with van der Waals surface area (Å²) in [6.45, 7) is 18.1. The van der Waals surface area contributed by atoms with Crippen molar-refractivity contribution in [2.75, 3.05) is 37.2 Å². The van der Waals surface area contributed by atoms with Crippen LogP contribution in [0.1, 0.15) is 98.4 Å². The molecule has 11 heteroatoms. The van der Waals surface area contributed by atoms with E-state index in [1.165, 1.54) is 4.68 Å². The summed E-state index contributed by atoms with van der Waals surface area (Å²) < 4.78 is 19.2. The van der Waals surface area contributed by atoms with E-state index in [-0.39, 0.29) is 30.0 Å². The summed E-state index contributed by atoms with van der Waals surface area (Å²) >= 11 is 0. The molecule has 0 bridgehead atoms. The Kier molecular flexibility index (Phi) is 13.2. The second-order valence-electron chi connectivity index (χ2n) is 13.5. The van der Waals surface area contributed by atoms with E-state index in [0.29, 0.717) is 40.2 Å². The molecular formula is C39H53N7O4. The molecule has 1 N–H and O–H groups in total. The quantitative estimate of drug-likeness (QED) is 0.140. The van der Waals surface area contributed by atoms with Crippen molar-refractivity contribution in [1.29, 1.82) is 5.26 Å². The SMILES string of the molecule is CCCCC(CC)C(=O)Nc1ccc(OC)c(-c2nc3n(n2)C(=Nc2ccc(N(CC)CCCC)cc2C)C(C#N)=C3OCOC(C)(C)C)c1. The Labute approximate surface area is 297 Å². The molecule has 0 saturated heterocycles. The number of unbranched alkanes of at least 4 members (excludes halogenated alkanes) is 2. The molecular weight excluding hydrogens is 630 g/mol. The Balaban J connectivity index is 1.78. The van der Waals surface area contributed by atoms with E-state index >= 15 is 0 Å². The van der Waals surface area contributed by atoms with Gasteiger partial charge in [-0.3, -0.25) is 4.79 Å². The summed E-state index contributed by atoms with van der Waals surface area (Å²) in [5.74, 6) is 1.61. The average molecular weight is 684 g/mol. The maximum atomic E-state index is 13.2. The van der Waals surface area contributed by atoms with Gasteiger partial charge >= 0.3 is 0 Å². The van der Waals surface area contributed by atoms with Crippen molar-refractivity contribution in [3.05, 3.63) is 53.4 Å². The van der Waals surface area contributed by atoms with Gasteiger partial charge in [-0.25, -0.2) is 9.98 Å². The van der Waals surface area contributed by atoms with Crippen LogP contribution in [-0.4, -0.2) is 59.1 Å². The molecule has 50 heavy (non-hydrogen) atoms. The third-order valence-electron chi connectivity index (χ3n) is 8.68. The fraction of sp³-hybridized carbons (Fsp3) is 0.513. The first-order valence-corrected chi connectivity index (χ1v) is 17.8. The molecule has 2 heterocycles. The number of aryl methyl sites for hydroxylation is 1. The van der Waals surface area contributed by atoms with Gasteiger partial charge in [-0.2, -0.15) is 9.94 Å². The third-order valence-corrected chi connectivity index (χ3v) is 8.68. The largest absolute Gasteiger partial charge is 0.496 e. The van der Waals surface area contributed by atoms with Crippen molar-refractivity contribution >= 4 is 34.6 Å². The molecule has 3 aromatic rings. The zero-order valence-electron chi connectivity index (χ0n) is 31.2. The van der Waals surface area contributed by atoms with Crippen LogP contribution in [0.4, 0.5) is 17.1 Å². The van der Waals surface area contributed by atoms with Crippen LogP contribution in [0.2, 0.25) is 0 Å². The van der Waals surface area contributed by atoms with Gasteiger partial charge in [-0.1, -0.05) is 40.0 Å². The van der Waals surface area contributed by atoms with E-state index in [4.69, 9.17) is 29.3 Å². The number of hydrogen-bond donors (Lipinski definition) is 1. The van der Waals surface area contributed by atoms with Crippen molar-refractivity contribution in [2.45, 2.75) is 99.5 Å². The summed E-state index contributed by atoms with van der Waals surface area (Å²) in [4.78, 5) is 25.3. The first-order chi connectivity index (χ1) is 24.0. The van der Waals surface area contributed by atoms with Gasteiger partial charge in [-0.05, 0) is 95.8 Å². The lowest BCUT2D eigenvalue weighted by atomic mass is 9.98. The summed E-state index contributed by atoms with van der Waals surface area (Å²) in [6.07, 6.45) is 5.88. The number of rotatable bonds is 17. The number of anilines is 2. The van der Waals surface area contributed by atoms with Crippen LogP contribution < -0.4 is 15.0 Å². The summed E-state index contributed by atoms with van der Waals surface area (Å²) in [5, 5.41) is 18.3. The normalized spacial score (nSPS) is 14.0. The van der Waals surface area contributed by atoms with Crippen LogP contribution in [0.15, 0.2) is 47.0 Å². The van der Waals surface area contributed by atoms with Gasteiger partial charge in [-0.15, -0.1) is 5.10 Å². The Morgan fingerprint density at radius 3 is 2.48 bits per heavy atom. The lowest BCUT2D eigenvalue weighted by Gasteiger charge is -2.23. The van der Waals surface area contributed by atoms with Gasteiger partial charge in [0, 0.05) is 30.4 Å². The van der Waals surface area contributed by atoms with Crippen molar-refractivity contribution in [1.82, 2.24) is 14.8 Å². The molecule has 0 aliphatic carbocycles. The molecule has 1 aliphatic heterocycles. The van der Waals surface area contributed by atoms with E-state index in [2.05, 4.69) is 49.2 Å². The summed E-state index contributed by atoms with van der Waals surface area (Å²) in [5.41, 5.74) is 3.73. The summed E-state index contributed by atoms with van der Waals surface area (Å²) in [7, 11) is 1.58. The number of hydrogen-bond acceptors (Lipinski definition) is 9. The Morgan fingerprint density at radius 2 is 1.86 bits per heavy atom. The smallest absolute Gasteiger partial charge is 0.227 e. The number of nitrogens with zero attached hydrogens (tertiary/aromatic N) is 6. The fourth-order valence-corrected chi connectivity index (χ4v) is 5.72. The van der Waals surface area contributed by atoms with Crippen molar-refractivity contribution < 1.29 is 19.0 Å². The first kappa shape index (κ1) is 38.1. The lowest BCUT2D eigenvalue weighted by Crippen LogP contribution is -2.23. The van der Waals surface area contributed by atoms with E-state index in [1.54, 1.807) is 13.2 Å². The topological polar surface area (TPSA) is 127 Å². The maximum absolute atomic E-state index is 13.2. The molecule has 0 saturated carbocycles. The standard InChI is InChI=1S/C39H53N7O4/c1-10-14-16-27(12-3)38(47)41-28-17-20-33(48-9)30(23-28)35-43-37-34(49-25-50-39(6,7)8)31(24-40)36(46(37)44-35)42-32-19-18-29(22-26(32)5)45(13-4)21-15-11-2/h17-20,22-23,27H,10-16,21,25H2,1-9H3,(H,41,47).